The van der Waals surface area contributed by atoms with Gasteiger partial charge in [0.25, 0.3) is 0 Å². The second kappa shape index (κ2) is 9.59. The third-order valence-corrected chi connectivity index (χ3v) is 8.29. The Morgan fingerprint density at radius 1 is 1.00 bits per heavy atom. The van der Waals surface area contributed by atoms with Crippen LogP contribution in [0.4, 0.5) is 0 Å². The monoisotopic (exact) mass is 494 g/mol. The molecule has 1 N–H and O–H groups in total. The molecule has 0 unspecified atom stereocenters. The summed E-state index contributed by atoms with van der Waals surface area (Å²) in [6, 6.07) is 21.2. The fourth-order valence-corrected chi connectivity index (χ4v) is 6.14. The number of amides is 1. The van der Waals surface area contributed by atoms with Crippen molar-refractivity contribution in [1.82, 2.24) is 9.62 Å². The van der Waals surface area contributed by atoms with Crippen LogP contribution in [-0.4, -0.2) is 45.6 Å². The molecule has 35 heavy (non-hydrogen) atoms. The first-order valence-corrected chi connectivity index (χ1v) is 12.8. The van der Waals surface area contributed by atoms with Crippen molar-refractivity contribution in [2.24, 2.45) is 5.92 Å². The minimum Gasteiger partial charge on any atom is -0.496 e. The number of hydrogen-bond donors (Lipinski definition) is 1. The average molecular weight is 495 g/mol. The molecule has 0 aliphatic carbocycles. The molecule has 0 radical (unpaired) electrons. The maximum atomic E-state index is 13.4. The highest BCUT2D eigenvalue weighted by Gasteiger charge is 2.44. The lowest BCUT2D eigenvalue weighted by atomic mass is 9.87. The van der Waals surface area contributed by atoms with Crippen LogP contribution in [0.1, 0.15) is 17.0 Å². The molecule has 3 aromatic rings. The summed E-state index contributed by atoms with van der Waals surface area (Å²) in [5, 5.41) is 2.98. The average Bonchev–Trinajstić information content (AvgIpc) is 3.55. The molecule has 0 bridgehead atoms. The first-order valence-electron chi connectivity index (χ1n) is 11.3. The van der Waals surface area contributed by atoms with Gasteiger partial charge in [0.1, 0.15) is 5.75 Å². The summed E-state index contributed by atoms with van der Waals surface area (Å²) in [6.45, 7) is 0.724. The maximum absolute atomic E-state index is 13.4. The molecule has 2 heterocycles. The van der Waals surface area contributed by atoms with E-state index in [9.17, 15) is 13.2 Å². The van der Waals surface area contributed by atoms with Crippen molar-refractivity contribution >= 4 is 15.9 Å². The lowest BCUT2D eigenvalue weighted by Crippen LogP contribution is -2.35. The van der Waals surface area contributed by atoms with Gasteiger partial charge in [-0.05, 0) is 41.5 Å². The molecule has 1 fully saturated rings. The van der Waals surface area contributed by atoms with E-state index < -0.39 is 15.9 Å². The Hall–Kier alpha value is -3.56. The fourth-order valence-electron chi connectivity index (χ4n) is 4.63. The predicted octanol–water partition coefficient (Wildman–Crippen LogP) is 3.14. The largest absolute Gasteiger partial charge is 0.496 e. The topological polar surface area (TPSA) is 94.2 Å². The number of para-hydroxylation sites is 1. The SMILES string of the molecule is COc1ccccc1[C@H]1CN(S(=O)(=O)c2ccccc2)C[C@H]1C(=O)NCc1ccc2c(c1)OCO2. The maximum Gasteiger partial charge on any atom is 0.243 e. The predicted molar refractivity (Wildman–Crippen MR) is 129 cm³/mol. The molecule has 0 spiro atoms. The highest BCUT2D eigenvalue weighted by atomic mass is 32.2. The van der Waals surface area contributed by atoms with Gasteiger partial charge >= 0.3 is 0 Å². The zero-order valence-electron chi connectivity index (χ0n) is 19.2. The summed E-state index contributed by atoms with van der Waals surface area (Å²) >= 11 is 0. The van der Waals surface area contributed by atoms with Crippen LogP contribution in [0, 0.1) is 5.92 Å². The number of carbonyl (C=O) groups excluding carboxylic acids is 1. The molecule has 0 saturated carbocycles. The molecule has 8 nitrogen and oxygen atoms in total. The van der Waals surface area contributed by atoms with E-state index in [-0.39, 0.29) is 43.1 Å². The van der Waals surface area contributed by atoms with Gasteiger partial charge in [0.15, 0.2) is 11.5 Å². The van der Waals surface area contributed by atoms with Crippen LogP contribution >= 0.6 is 0 Å². The zero-order valence-corrected chi connectivity index (χ0v) is 20.0. The van der Waals surface area contributed by atoms with E-state index >= 15 is 0 Å². The van der Waals surface area contributed by atoms with E-state index in [4.69, 9.17) is 14.2 Å². The smallest absolute Gasteiger partial charge is 0.243 e. The van der Waals surface area contributed by atoms with Gasteiger partial charge in [-0.2, -0.15) is 4.31 Å². The molecule has 1 amide bonds. The summed E-state index contributed by atoms with van der Waals surface area (Å²) in [5.41, 5.74) is 1.67. The Morgan fingerprint density at radius 2 is 1.74 bits per heavy atom. The van der Waals surface area contributed by atoms with Gasteiger partial charge in [0.05, 0.1) is 17.9 Å². The van der Waals surface area contributed by atoms with Crippen molar-refractivity contribution in [2.45, 2.75) is 17.4 Å². The van der Waals surface area contributed by atoms with Gasteiger partial charge < -0.3 is 19.5 Å². The number of rotatable bonds is 7. The van der Waals surface area contributed by atoms with Crippen molar-refractivity contribution in [3.05, 3.63) is 83.9 Å². The molecule has 5 rings (SSSR count). The minimum atomic E-state index is -3.76. The van der Waals surface area contributed by atoms with Crippen molar-refractivity contribution in [2.75, 3.05) is 27.0 Å². The number of hydrogen-bond acceptors (Lipinski definition) is 6. The minimum absolute atomic E-state index is 0.0763. The van der Waals surface area contributed by atoms with E-state index in [2.05, 4.69) is 5.32 Å². The number of nitrogens with one attached hydrogen (secondary N) is 1. The molecular weight excluding hydrogens is 468 g/mol. The standard InChI is InChI=1S/C26H26N2O6S/c1-32-23-10-6-5-9-20(23)21-15-28(35(30,31)19-7-3-2-4-8-19)16-22(21)26(29)27-14-18-11-12-24-25(13-18)34-17-33-24/h2-13,21-22H,14-17H2,1H3,(H,27,29)/t21-,22-/m1/s1. The summed E-state index contributed by atoms with van der Waals surface area (Å²) in [6.07, 6.45) is 0. The Morgan fingerprint density at radius 3 is 2.54 bits per heavy atom. The van der Waals surface area contributed by atoms with Crippen LogP contribution < -0.4 is 19.5 Å². The van der Waals surface area contributed by atoms with Crippen molar-refractivity contribution in [3.8, 4) is 17.2 Å². The number of sulfonamides is 1. The van der Waals surface area contributed by atoms with Crippen LogP contribution in [0.25, 0.3) is 0 Å². The van der Waals surface area contributed by atoms with Crippen LogP contribution in [0.5, 0.6) is 17.2 Å². The molecule has 1 saturated heterocycles. The van der Waals surface area contributed by atoms with E-state index in [1.807, 2.05) is 42.5 Å². The lowest BCUT2D eigenvalue weighted by molar-refractivity contribution is -0.125. The van der Waals surface area contributed by atoms with Crippen LogP contribution in [-0.2, 0) is 21.4 Å². The van der Waals surface area contributed by atoms with E-state index in [0.29, 0.717) is 17.2 Å². The van der Waals surface area contributed by atoms with E-state index in [1.165, 1.54) is 4.31 Å². The molecular formula is C26H26N2O6S. The normalized spacial score (nSPS) is 19.5. The van der Waals surface area contributed by atoms with Gasteiger partial charge in [0.2, 0.25) is 22.7 Å². The van der Waals surface area contributed by atoms with Gasteiger partial charge in [-0.1, -0.05) is 42.5 Å². The van der Waals surface area contributed by atoms with E-state index in [0.717, 1.165) is 11.1 Å². The first-order chi connectivity index (χ1) is 17.0. The van der Waals surface area contributed by atoms with Crippen molar-refractivity contribution < 1.29 is 27.4 Å². The molecule has 9 heteroatoms. The van der Waals surface area contributed by atoms with Gasteiger partial charge in [0, 0.05) is 25.6 Å². The highest BCUT2D eigenvalue weighted by molar-refractivity contribution is 7.89. The molecule has 2 aliphatic heterocycles. The molecule has 2 atom stereocenters. The number of carbonyl (C=O) groups is 1. The second-order valence-corrected chi connectivity index (χ2v) is 10.4. The zero-order chi connectivity index (χ0) is 24.4. The summed E-state index contributed by atoms with van der Waals surface area (Å²) in [7, 11) is -2.19. The third kappa shape index (κ3) is 4.56. The van der Waals surface area contributed by atoms with Crippen LogP contribution in [0.15, 0.2) is 77.7 Å². The molecule has 0 aromatic heterocycles. The second-order valence-electron chi connectivity index (χ2n) is 8.50. The summed E-state index contributed by atoms with van der Waals surface area (Å²) in [4.78, 5) is 13.6. The first kappa shape index (κ1) is 23.2. The Kier molecular flexibility index (Phi) is 6.36. The number of ether oxygens (including phenoxy) is 3. The Bertz CT molecular complexity index is 1330. The Balaban J connectivity index is 1.40. The number of benzene rings is 3. The van der Waals surface area contributed by atoms with Gasteiger partial charge in [-0.25, -0.2) is 8.42 Å². The number of fused-ring (bicyclic) bond motifs is 1. The van der Waals surface area contributed by atoms with Gasteiger partial charge in [-0.3, -0.25) is 4.79 Å². The summed E-state index contributed by atoms with van der Waals surface area (Å²) in [5.74, 6) is 0.785. The highest BCUT2D eigenvalue weighted by Crippen LogP contribution is 2.40. The number of nitrogens with zero attached hydrogens (tertiary/aromatic N) is 1. The Labute approximate surface area is 204 Å². The van der Waals surface area contributed by atoms with Gasteiger partial charge in [-0.15, -0.1) is 0 Å². The lowest BCUT2D eigenvalue weighted by Gasteiger charge is -2.20. The number of methoxy groups -OCH3 is 1. The fraction of sp³-hybridized carbons (Fsp3) is 0.269. The molecule has 3 aromatic carbocycles. The van der Waals surface area contributed by atoms with Crippen molar-refractivity contribution in [3.63, 3.8) is 0 Å². The quantitative estimate of drug-likeness (QED) is 0.542. The van der Waals surface area contributed by atoms with Crippen molar-refractivity contribution in [1.29, 1.82) is 0 Å². The van der Waals surface area contributed by atoms with Crippen LogP contribution in [0.2, 0.25) is 0 Å². The molecule has 182 valence electrons. The molecule has 2 aliphatic rings. The van der Waals surface area contributed by atoms with E-state index in [1.54, 1.807) is 37.4 Å². The third-order valence-electron chi connectivity index (χ3n) is 6.45. The summed E-state index contributed by atoms with van der Waals surface area (Å²) < 4.78 is 44.4. The van der Waals surface area contributed by atoms with Crippen LogP contribution in [0.3, 0.4) is 0 Å².